The second-order valence-electron chi connectivity index (χ2n) is 5.31. The quantitative estimate of drug-likeness (QED) is 0.667. The minimum Gasteiger partial charge on any atom is -0.391 e. The molecule has 1 aliphatic heterocycles. The Balaban J connectivity index is 1.66. The van der Waals surface area contributed by atoms with Crippen LogP contribution in [0.2, 0.25) is 0 Å². The fourth-order valence-corrected chi connectivity index (χ4v) is 7.87. The van der Waals surface area contributed by atoms with E-state index in [4.69, 9.17) is 0 Å². The SMILES string of the molecule is c1ccc(N2[Si]N(c3ccccc3)[Si]N(c3ccccc3)[Si]2)cc1. The van der Waals surface area contributed by atoms with Crippen molar-refractivity contribution in [2.45, 2.75) is 0 Å². The fraction of sp³-hybridized carbons (Fsp3) is 0. The van der Waals surface area contributed by atoms with Gasteiger partial charge < -0.3 is 12.7 Å². The van der Waals surface area contributed by atoms with Crippen LogP contribution in [0.1, 0.15) is 0 Å². The van der Waals surface area contributed by atoms with Crippen LogP contribution in [-0.4, -0.2) is 29.5 Å². The first-order valence-electron chi connectivity index (χ1n) is 7.74. The highest BCUT2D eigenvalue weighted by Gasteiger charge is 2.29. The van der Waals surface area contributed by atoms with Crippen molar-refractivity contribution in [2.24, 2.45) is 0 Å². The molecule has 0 N–H and O–H groups in total. The van der Waals surface area contributed by atoms with Gasteiger partial charge in [0.25, 0.3) is 0 Å². The molecule has 0 aliphatic carbocycles. The summed E-state index contributed by atoms with van der Waals surface area (Å²) in [5.41, 5.74) is 3.83. The summed E-state index contributed by atoms with van der Waals surface area (Å²) in [4.78, 5) is 0. The summed E-state index contributed by atoms with van der Waals surface area (Å²) in [5.74, 6) is 0. The summed E-state index contributed by atoms with van der Waals surface area (Å²) in [7, 11) is 1.86. The van der Waals surface area contributed by atoms with Gasteiger partial charge in [-0.1, -0.05) is 54.6 Å². The Bertz CT molecular complexity index is 657. The normalized spacial score (nSPS) is 14.8. The lowest BCUT2D eigenvalue weighted by atomic mass is 10.3. The molecule has 3 aromatic rings. The largest absolute Gasteiger partial charge is 0.391 e. The highest BCUT2D eigenvalue weighted by Crippen LogP contribution is 2.23. The molecule has 6 radical (unpaired) electrons. The first-order chi connectivity index (χ1) is 11.9. The van der Waals surface area contributed by atoms with Crippen LogP contribution in [0, 0.1) is 0 Å². The van der Waals surface area contributed by atoms with Crippen LogP contribution in [0.25, 0.3) is 0 Å². The Morgan fingerprint density at radius 2 is 0.625 bits per heavy atom. The van der Waals surface area contributed by atoms with Crippen LogP contribution < -0.4 is 12.7 Å². The Morgan fingerprint density at radius 3 is 0.875 bits per heavy atom. The summed E-state index contributed by atoms with van der Waals surface area (Å²) >= 11 is 0. The lowest BCUT2D eigenvalue weighted by Gasteiger charge is -2.42. The van der Waals surface area contributed by atoms with Crippen molar-refractivity contribution in [1.29, 1.82) is 0 Å². The highest BCUT2D eigenvalue weighted by molar-refractivity contribution is 6.86. The number of nitrogens with zero attached hydrogens (tertiary/aromatic N) is 3. The average molecular weight is 358 g/mol. The molecule has 0 unspecified atom stereocenters. The fourth-order valence-electron chi connectivity index (χ4n) is 2.44. The maximum atomic E-state index is 2.47. The molecular weight excluding hydrogens is 342 g/mol. The zero-order valence-electron chi connectivity index (χ0n) is 13.0. The van der Waals surface area contributed by atoms with Gasteiger partial charge in [0.05, 0.1) is 0 Å². The summed E-state index contributed by atoms with van der Waals surface area (Å²) in [6, 6.07) is 32.1. The summed E-state index contributed by atoms with van der Waals surface area (Å²) in [5, 5.41) is 0. The molecule has 4 rings (SSSR count). The number of benzene rings is 3. The van der Waals surface area contributed by atoms with Gasteiger partial charge in [0.15, 0.2) is 0 Å². The molecule has 3 aromatic carbocycles. The third-order valence-corrected chi connectivity index (χ3v) is 8.19. The maximum Gasteiger partial charge on any atom is 0.316 e. The third-order valence-electron chi connectivity index (χ3n) is 3.64. The van der Waals surface area contributed by atoms with Crippen LogP contribution in [-0.2, 0) is 0 Å². The Hall–Kier alpha value is -2.29. The first-order valence-corrected chi connectivity index (χ1v) is 10.4. The first kappa shape index (κ1) is 15.3. The summed E-state index contributed by atoms with van der Waals surface area (Å²) < 4.78 is 7.41. The molecule has 0 saturated carbocycles. The molecule has 1 fully saturated rings. The topological polar surface area (TPSA) is 9.72 Å². The van der Waals surface area contributed by atoms with Gasteiger partial charge in [-0.3, -0.25) is 0 Å². The molecule has 1 heterocycles. The number of anilines is 3. The molecule has 0 amide bonds. The lowest BCUT2D eigenvalue weighted by Crippen LogP contribution is -2.62. The van der Waals surface area contributed by atoms with Crippen molar-refractivity contribution in [2.75, 3.05) is 12.7 Å². The van der Waals surface area contributed by atoms with Crippen LogP contribution in [0.15, 0.2) is 91.0 Å². The second kappa shape index (κ2) is 7.08. The molecule has 1 saturated heterocycles. The maximum absolute atomic E-state index is 2.47. The number of para-hydroxylation sites is 3. The van der Waals surface area contributed by atoms with E-state index in [-0.39, 0.29) is 0 Å². The van der Waals surface area contributed by atoms with Crippen molar-refractivity contribution < 1.29 is 0 Å². The molecule has 114 valence electrons. The van der Waals surface area contributed by atoms with Crippen LogP contribution in [0.5, 0.6) is 0 Å². The Morgan fingerprint density at radius 1 is 0.375 bits per heavy atom. The second-order valence-corrected chi connectivity index (χ2v) is 9.94. The molecular formula is C18H15N3Si3. The van der Waals surface area contributed by atoms with E-state index in [2.05, 4.69) is 104 Å². The number of rotatable bonds is 3. The minimum atomic E-state index is 0.619. The smallest absolute Gasteiger partial charge is 0.316 e. The lowest BCUT2D eigenvalue weighted by molar-refractivity contribution is 1.36. The van der Waals surface area contributed by atoms with Crippen LogP contribution in [0.3, 0.4) is 0 Å². The van der Waals surface area contributed by atoms with E-state index >= 15 is 0 Å². The molecule has 0 spiro atoms. The Kier molecular flexibility index (Phi) is 4.50. The average Bonchev–Trinajstić information content (AvgIpc) is 2.70. The van der Waals surface area contributed by atoms with Gasteiger partial charge in [0.2, 0.25) is 0 Å². The van der Waals surface area contributed by atoms with E-state index in [1.807, 2.05) is 0 Å². The molecule has 1 aliphatic rings. The standard InChI is InChI=1S/C18H15N3Si3/c1-4-10-16(11-5-1)19-22-20(17-12-6-2-7-13-17)24-21(23-19)18-14-8-3-9-15-18/h1-15H. The summed E-state index contributed by atoms with van der Waals surface area (Å²) in [6.07, 6.45) is 0. The van der Waals surface area contributed by atoms with E-state index in [9.17, 15) is 0 Å². The van der Waals surface area contributed by atoms with Crippen LogP contribution >= 0.6 is 0 Å². The van der Waals surface area contributed by atoms with E-state index in [1.54, 1.807) is 0 Å². The van der Waals surface area contributed by atoms with Gasteiger partial charge in [0.1, 0.15) is 0 Å². The van der Waals surface area contributed by atoms with E-state index in [0.717, 1.165) is 0 Å². The van der Waals surface area contributed by atoms with Crippen molar-refractivity contribution in [3.05, 3.63) is 91.0 Å². The monoisotopic (exact) mass is 357 g/mol. The van der Waals surface area contributed by atoms with E-state index in [0.29, 0.717) is 29.5 Å². The predicted octanol–water partition coefficient (Wildman–Crippen LogP) is 3.12. The van der Waals surface area contributed by atoms with Crippen molar-refractivity contribution in [3.8, 4) is 0 Å². The minimum absolute atomic E-state index is 0.619. The van der Waals surface area contributed by atoms with Gasteiger partial charge in [-0.2, -0.15) is 0 Å². The van der Waals surface area contributed by atoms with Gasteiger partial charge in [0, 0.05) is 17.1 Å². The highest BCUT2D eigenvalue weighted by atomic mass is 28.4. The molecule has 0 bridgehead atoms. The van der Waals surface area contributed by atoms with Gasteiger partial charge in [-0.25, -0.2) is 0 Å². The van der Waals surface area contributed by atoms with E-state index < -0.39 is 0 Å². The Labute approximate surface area is 150 Å². The molecule has 24 heavy (non-hydrogen) atoms. The molecule has 0 aromatic heterocycles. The number of hydrogen-bond donors (Lipinski definition) is 0. The zero-order chi connectivity index (χ0) is 16.2. The summed E-state index contributed by atoms with van der Waals surface area (Å²) in [6.45, 7) is 0. The van der Waals surface area contributed by atoms with Crippen molar-refractivity contribution >= 4 is 46.6 Å². The van der Waals surface area contributed by atoms with Gasteiger partial charge in [-0.15, -0.1) is 0 Å². The number of hydrogen-bond acceptors (Lipinski definition) is 3. The van der Waals surface area contributed by atoms with Crippen molar-refractivity contribution in [1.82, 2.24) is 0 Å². The molecule has 3 nitrogen and oxygen atoms in total. The van der Waals surface area contributed by atoms with Crippen molar-refractivity contribution in [3.63, 3.8) is 0 Å². The predicted molar refractivity (Wildman–Crippen MR) is 104 cm³/mol. The van der Waals surface area contributed by atoms with E-state index in [1.165, 1.54) is 17.1 Å². The molecule has 0 atom stereocenters. The van der Waals surface area contributed by atoms with Gasteiger partial charge >= 0.3 is 29.5 Å². The zero-order valence-corrected chi connectivity index (χ0v) is 16.0. The third kappa shape index (κ3) is 3.30. The van der Waals surface area contributed by atoms with Crippen LogP contribution in [0.4, 0.5) is 17.1 Å². The molecule has 6 heteroatoms. The van der Waals surface area contributed by atoms with Gasteiger partial charge in [-0.05, 0) is 36.4 Å².